The molecule has 0 heterocycles. The Hall–Kier alpha value is -0.420. The van der Waals surface area contributed by atoms with Crippen LogP contribution in [0.1, 0.15) is 0 Å². The number of aliphatic hydroxyl groups is 1. The van der Waals surface area contributed by atoms with Crippen LogP contribution in [0.2, 0.25) is 10.0 Å². The van der Waals surface area contributed by atoms with E-state index in [0.29, 0.717) is 10.0 Å². The molecular formula is C10H11Cl2NO2S. The molecule has 0 aliphatic rings. The van der Waals surface area contributed by atoms with Crippen LogP contribution >= 0.6 is 35.0 Å². The lowest BCUT2D eigenvalue weighted by Crippen LogP contribution is -2.27. The maximum Gasteiger partial charge on any atom is 0.230 e. The molecule has 1 aromatic rings. The number of hydrogen-bond donors (Lipinski definition) is 2. The highest BCUT2D eigenvalue weighted by Crippen LogP contribution is 2.29. The van der Waals surface area contributed by atoms with Gasteiger partial charge in [0.05, 0.1) is 17.4 Å². The van der Waals surface area contributed by atoms with Crippen LogP contribution < -0.4 is 5.32 Å². The largest absolute Gasteiger partial charge is 0.395 e. The van der Waals surface area contributed by atoms with Crippen molar-refractivity contribution in [2.45, 2.75) is 4.90 Å². The molecule has 2 N–H and O–H groups in total. The van der Waals surface area contributed by atoms with Gasteiger partial charge in [0.25, 0.3) is 0 Å². The van der Waals surface area contributed by atoms with E-state index in [1.54, 1.807) is 18.2 Å². The number of thioether (sulfide) groups is 1. The van der Waals surface area contributed by atoms with Crippen molar-refractivity contribution in [3.05, 3.63) is 28.2 Å². The lowest BCUT2D eigenvalue weighted by atomic mass is 10.4. The molecule has 0 unspecified atom stereocenters. The van der Waals surface area contributed by atoms with Crippen molar-refractivity contribution >= 4 is 40.9 Å². The first-order valence-corrected chi connectivity index (χ1v) is 6.33. The van der Waals surface area contributed by atoms with Crippen LogP contribution in [0.3, 0.4) is 0 Å². The maximum absolute atomic E-state index is 11.3. The molecule has 1 rings (SSSR count). The molecule has 0 radical (unpaired) electrons. The van der Waals surface area contributed by atoms with E-state index >= 15 is 0 Å². The summed E-state index contributed by atoms with van der Waals surface area (Å²) in [6, 6.07) is 5.10. The normalized spacial score (nSPS) is 10.2. The van der Waals surface area contributed by atoms with Gasteiger partial charge < -0.3 is 10.4 Å². The van der Waals surface area contributed by atoms with Crippen molar-refractivity contribution in [2.75, 3.05) is 18.9 Å². The second-order valence-corrected chi connectivity index (χ2v) is 4.80. The summed E-state index contributed by atoms with van der Waals surface area (Å²) in [6.45, 7) is 0.205. The van der Waals surface area contributed by atoms with Gasteiger partial charge >= 0.3 is 0 Å². The Kier molecular flexibility index (Phi) is 5.98. The maximum atomic E-state index is 11.3. The smallest absolute Gasteiger partial charge is 0.230 e. The van der Waals surface area contributed by atoms with Crippen LogP contribution in [-0.2, 0) is 4.79 Å². The number of hydrogen-bond acceptors (Lipinski definition) is 3. The first kappa shape index (κ1) is 13.6. The molecule has 0 aliphatic heterocycles. The van der Waals surface area contributed by atoms with Gasteiger partial charge in [-0.25, -0.2) is 0 Å². The van der Waals surface area contributed by atoms with E-state index < -0.39 is 0 Å². The molecule has 0 fully saturated rings. The van der Waals surface area contributed by atoms with E-state index in [1.165, 1.54) is 11.8 Å². The number of aliphatic hydroxyl groups excluding tert-OH is 1. The Morgan fingerprint density at radius 1 is 1.44 bits per heavy atom. The molecule has 6 heteroatoms. The van der Waals surface area contributed by atoms with Gasteiger partial charge in [-0.1, -0.05) is 23.2 Å². The molecule has 0 saturated heterocycles. The molecule has 1 amide bonds. The van der Waals surface area contributed by atoms with Gasteiger partial charge in [0.1, 0.15) is 0 Å². The van der Waals surface area contributed by atoms with Crippen molar-refractivity contribution in [2.24, 2.45) is 0 Å². The van der Waals surface area contributed by atoms with E-state index in [0.717, 1.165) is 4.90 Å². The zero-order valence-electron chi connectivity index (χ0n) is 8.37. The fraction of sp³-hybridized carbons (Fsp3) is 0.300. The number of benzene rings is 1. The van der Waals surface area contributed by atoms with Gasteiger partial charge in [-0.15, -0.1) is 11.8 Å². The van der Waals surface area contributed by atoms with Gasteiger partial charge in [-0.3, -0.25) is 4.79 Å². The fourth-order valence-corrected chi connectivity index (χ4v) is 2.30. The zero-order chi connectivity index (χ0) is 12.0. The van der Waals surface area contributed by atoms with Crippen LogP contribution in [0, 0.1) is 0 Å². The van der Waals surface area contributed by atoms with Crippen molar-refractivity contribution in [1.82, 2.24) is 5.32 Å². The van der Waals surface area contributed by atoms with Gasteiger partial charge in [0, 0.05) is 16.5 Å². The lowest BCUT2D eigenvalue weighted by Gasteiger charge is -2.05. The summed E-state index contributed by atoms with van der Waals surface area (Å²) < 4.78 is 0. The van der Waals surface area contributed by atoms with Crippen LogP contribution in [0.15, 0.2) is 23.1 Å². The van der Waals surface area contributed by atoms with E-state index in [4.69, 9.17) is 28.3 Å². The van der Waals surface area contributed by atoms with E-state index in [-0.39, 0.29) is 24.8 Å². The summed E-state index contributed by atoms with van der Waals surface area (Å²) in [5.74, 6) is 0.107. The quantitative estimate of drug-likeness (QED) is 0.813. The minimum atomic E-state index is -0.143. The standard InChI is InChI=1S/C10H11Cl2NO2S/c11-7-1-2-8(12)9(5-7)16-6-10(15)13-3-4-14/h1-2,5,14H,3-4,6H2,(H,13,15). The molecule has 88 valence electrons. The molecule has 0 saturated carbocycles. The molecule has 0 bridgehead atoms. The first-order chi connectivity index (χ1) is 7.63. The average Bonchev–Trinajstić information content (AvgIpc) is 2.27. The summed E-state index contributed by atoms with van der Waals surface area (Å²) in [5, 5.41) is 12.2. The minimum absolute atomic E-state index is 0.0612. The number of carbonyl (C=O) groups is 1. The molecule has 0 atom stereocenters. The third-order valence-electron chi connectivity index (χ3n) is 1.69. The highest BCUT2D eigenvalue weighted by Gasteiger charge is 2.05. The average molecular weight is 280 g/mol. The van der Waals surface area contributed by atoms with E-state index in [1.807, 2.05) is 0 Å². The summed E-state index contributed by atoms with van der Waals surface area (Å²) in [4.78, 5) is 12.0. The molecule has 0 aliphatic carbocycles. The number of amides is 1. The third kappa shape index (κ3) is 4.61. The first-order valence-electron chi connectivity index (χ1n) is 4.59. The molecular weight excluding hydrogens is 269 g/mol. The Balaban J connectivity index is 2.47. The highest BCUT2D eigenvalue weighted by atomic mass is 35.5. The Morgan fingerprint density at radius 3 is 2.88 bits per heavy atom. The van der Waals surface area contributed by atoms with Gasteiger partial charge in [0.15, 0.2) is 0 Å². The lowest BCUT2D eigenvalue weighted by molar-refractivity contribution is -0.118. The van der Waals surface area contributed by atoms with Crippen LogP contribution in [0.4, 0.5) is 0 Å². The number of carbonyl (C=O) groups excluding carboxylic acids is 1. The summed E-state index contributed by atoms with van der Waals surface area (Å²) in [5.41, 5.74) is 0. The molecule has 3 nitrogen and oxygen atoms in total. The topological polar surface area (TPSA) is 49.3 Å². The van der Waals surface area contributed by atoms with Crippen LogP contribution in [0.5, 0.6) is 0 Å². The summed E-state index contributed by atoms with van der Waals surface area (Å²) in [6.07, 6.45) is 0. The predicted molar refractivity (Wildman–Crippen MR) is 67.3 cm³/mol. The van der Waals surface area contributed by atoms with Crippen LogP contribution in [-0.4, -0.2) is 29.9 Å². The Morgan fingerprint density at radius 2 is 2.19 bits per heavy atom. The van der Waals surface area contributed by atoms with E-state index in [9.17, 15) is 4.79 Å². The Labute approximate surface area is 108 Å². The van der Waals surface area contributed by atoms with Gasteiger partial charge in [-0.2, -0.15) is 0 Å². The second kappa shape index (κ2) is 7.01. The van der Waals surface area contributed by atoms with Crippen molar-refractivity contribution in [3.8, 4) is 0 Å². The number of nitrogens with one attached hydrogen (secondary N) is 1. The van der Waals surface area contributed by atoms with Gasteiger partial charge in [-0.05, 0) is 18.2 Å². The molecule has 16 heavy (non-hydrogen) atoms. The Bertz CT molecular complexity index is 374. The SMILES string of the molecule is O=C(CSc1cc(Cl)ccc1Cl)NCCO. The predicted octanol–water partition coefficient (Wildman–Crippen LogP) is 2.19. The zero-order valence-corrected chi connectivity index (χ0v) is 10.7. The van der Waals surface area contributed by atoms with Crippen LogP contribution in [0.25, 0.3) is 0 Å². The molecule has 0 aromatic heterocycles. The summed E-state index contributed by atoms with van der Waals surface area (Å²) >= 11 is 13.1. The van der Waals surface area contributed by atoms with Crippen molar-refractivity contribution in [1.29, 1.82) is 0 Å². The monoisotopic (exact) mass is 279 g/mol. The fourth-order valence-electron chi connectivity index (χ4n) is 0.977. The second-order valence-electron chi connectivity index (χ2n) is 2.94. The molecule has 0 spiro atoms. The third-order valence-corrected chi connectivity index (χ3v) is 3.42. The molecule has 1 aromatic carbocycles. The number of rotatable bonds is 5. The van der Waals surface area contributed by atoms with Crippen molar-refractivity contribution < 1.29 is 9.90 Å². The van der Waals surface area contributed by atoms with Gasteiger partial charge in [0.2, 0.25) is 5.91 Å². The van der Waals surface area contributed by atoms with Crippen molar-refractivity contribution in [3.63, 3.8) is 0 Å². The number of halogens is 2. The van der Waals surface area contributed by atoms with E-state index in [2.05, 4.69) is 5.32 Å². The highest BCUT2D eigenvalue weighted by molar-refractivity contribution is 8.00. The minimum Gasteiger partial charge on any atom is -0.395 e. The summed E-state index contributed by atoms with van der Waals surface area (Å²) in [7, 11) is 0.